The van der Waals surface area contributed by atoms with Crippen LogP contribution in [0.25, 0.3) is 0 Å². The first-order chi connectivity index (χ1) is 9.61. The topological polar surface area (TPSA) is 15.3 Å². The van der Waals surface area contributed by atoms with Gasteiger partial charge in [-0.3, -0.25) is 4.90 Å². The van der Waals surface area contributed by atoms with E-state index in [0.29, 0.717) is 18.0 Å². The van der Waals surface area contributed by atoms with E-state index in [1.165, 1.54) is 0 Å². The lowest BCUT2D eigenvalue weighted by Crippen LogP contribution is -2.58. The molecule has 1 saturated heterocycles. The molecule has 3 heteroatoms. The Morgan fingerprint density at radius 2 is 2.10 bits per heavy atom. The Morgan fingerprint density at radius 3 is 2.75 bits per heavy atom. The van der Waals surface area contributed by atoms with E-state index in [1.807, 2.05) is 12.1 Å². The van der Waals surface area contributed by atoms with E-state index in [-0.39, 0.29) is 5.82 Å². The molecule has 0 bridgehead atoms. The van der Waals surface area contributed by atoms with Crippen molar-refractivity contribution in [3.05, 3.63) is 35.6 Å². The van der Waals surface area contributed by atoms with Gasteiger partial charge in [0.1, 0.15) is 5.82 Å². The molecule has 20 heavy (non-hydrogen) atoms. The second kappa shape index (κ2) is 7.19. The largest absolute Gasteiger partial charge is 0.311 e. The molecule has 0 amide bonds. The molecule has 1 N–H and O–H groups in total. The maximum Gasteiger partial charge on any atom is 0.126 e. The molecular weight excluding hydrogens is 251 g/mol. The first-order valence-corrected chi connectivity index (χ1v) is 7.82. The summed E-state index contributed by atoms with van der Waals surface area (Å²) in [6.07, 6.45) is 1.95. The van der Waals surface area contributed by atoms with E-state index in [9.17, 15) is 4.39 Å². The molecule has 2 atom stereocenters. The van der Waals surface area contributed by atoms with Crippen LogP contribution in [0.5, 0.6) is 0 Å². The third-order valence-electron chi connectivity index (χ3n) is 4.47. The molecule has 0 aromatic heterocycles. The van der Waals surface area contributed by atoms with Gasteiger partial charge in [-0.25, -0.2) is 4.39 Å². The minimum atomic E-state index is -0.0731. The lowest BCUT2D eigenvalue weighted by Gasteiger charge is -2.41. The molecule has 1 heterocycles. The Balaban J connectivity index is 1.96. The predicted molar refractivity (Wildman–Crippen MR) is 82.4 cm³/mol. The molecule has 2 unspecified atom stereocenters. The molecule has 2 nitrogen and oxygen atoms in total. The van der Waals surface area contributed by atoms with Gasteiger partial charge >= 0.3 is 0 Å². The minimum Gasteiger partial charge on any atom is -0.311 e. The molecule has 1 fully saturated rings. The lowest BCUT2D eigenvalue weighted by atomic mass is 9.98. The fourth-order valence-electron chi connectivity index (χ4n) is 2.97. The molecule has 1 aromatic carbocycles. The maximum absolute atomic E-state index is 13.7. The zero-order chi connectivity index (χ0) is 14.5. The SMILES string of the molecule is CCC1CNC(C(C)C)CN1CCc1ccccc1F. The molecule has 0 radical (unpaired) electrons. The van der Waals surface area contributed by atoms with Gasteiger partial charge in [0.25, 0.3) is 0 Å². The number of hydrogen-bond acceptors (Lipinski definition) is 2. The monoisotopic (exact) mass is 278 g/mol. The van der Waals surface area contributed by atoms with Crippen molar-refractivity contribution in [2.75, 3.05) is 19.6 Å². The fourth-order valence-corrected chi connectivity index (χ4v) is 2.97. The highest BCUT2D eigenvalue weighted by atomic mass is 19.1. The van der Waals surface area contributed by atoms with Gasteiger partial charge < -0.3 is 5.32 Å². The molecule has 2 rings (SSSR count). The van der Waals surface area contributed by atoms with E-state index >= 15 is 0 Å². The third-order valence-corrected chi connectivity index (χ3v) is 4.47. The number of nitrogens with one attached hydrogen (secondary N) is 1. The molecule has 0 aliphatic carbocycles. The summed E-state index contributed by atoms with van der Waals surface area (Å²) in [6, 6.07) is 8.27. The van der Waals surface area contributed by atoms with Crippen molar-refractivity contribution in [3.8, 4) is 0 Å². The van der Waals surface area contributed by atoms with Crippen LogP contribution in [0.1, 0.15) is 32.8 Å². The summed E-state index contributed by atoms with van der Waals surface area (Å²) in [5, 5.41) is 3.64. The summed E-state index contributed by atoms with van der Waals surface area (Å²) < 4.78 is 13.7. The number of benzene rings is 1. The van der Waals surface area contributed by atoms with Crippen LogP contribution in [0.2, 0.25) is 0 Å². The van der Waals surface area contributed by atoms with Crippen molar-refractivity contribution in [1.29, 1.82) is 0 Å². The second-order valence-corrected chi connectivity index (χ2v) is 6.16. The Kier molecular flexibility index (Phi) is 5.55. The first-order valence-electron chi connectivity index (χ1n) is 7.82. The molecule has 1 aliphatic heterocycles. The van der Waals surface area contributed by atoms with Gasteiger partial charge in [0, 0.05) is 31.7 Å². The number of rotatable bonds is 5. The normalized spacial score (nSPS) is 24.2. The van der Waals surface area contributed by atoms with Crippen LogP contribution < -0.4 is 5.32 Å². The van der Waals surface area contributed by atoms with E-state index in [0.717, 1.165) is 38.0 Å². The van der Waals surface area contributed by atoms with Crippen molar-refractivity contribution in [1.82, 2.24) is 10.2 Å². The van der Waals surface area contributed by atoms with Gasteiger partial charge in [-0.2, -0.15) is 0 Å². The molecule has 0 saturated carbocycles. The molecule has 1 aliphatic rings. The first kappa shape index (κ1) is 15.5. The van der Waals surface area contributed by atoms with E-state index in [4.69, 9.17) is 0 Å². The Morgan fingerprint density at radius 1 is 1.35 bits per heavy atom. The molecular formula is C17H27FN2. The van der Waals surface area contributed by atoms with Crippen LogP contribution in [0.4, 0.5) is 4.39 Å². The minimum absolute atomic E-state index is 0.0731. The van der Waals surface area contributed by atoms with E-state index in [2.05, 4.69) is 31.0 Å². The molecule has 1 aromatic rings. The summed E-state index contributed by atoms with van der Waals surface area (Å²) in [6.45, 7) is 9.84. The summed E-state index contributed by atoms with van der Waals surface area (Å²) in [5.41, 5.74) is 0.835. The average molecular weight is 278 g/mol. The molecule has 0 spiro atoms. The summed E-state index contributed by atoms with van der Waals surface area (Å²) >= 11 is 0. The lowest BCUT2D eigenvalue weighted by molar-refractivity contribution is 0.111. The predicted octanol–water partition coefficient (Wildman–Crippen LogP) is 3.08. The van der Waals surface area contributed by atoms with Crippen LogP contribution in [0.3, 0.4) is 0 Å². The van der Waals surface area contributed by atoms with Gasteiger partial charge in [0.2, 0.25) is 0 Å². The van der Waals surface area contributed by atoms with Gasteiger partial charge in [-0.1, -0.05) is 39.0 Å². The standard InChI is InChI=1S/C17H27FN2/c1-4-15-11-19-17(13(2)3)12-20(15)10-9-14-7-5-6-8-16(14)18/h5-8,13,15,17,19H,4,9-12H2,1-3H3. The Labute approximate surface area is 122 Å². The van der Waals surface area contributed by atoms with Crippen LogP contribution >= 0.6 is 0 Å². The average Bonchev–Trinajstić information content (AvgIpc) is 2.46. The summed E-state index contributed by atoms with van der Waals surface area (Å²) in [7, 11) is 0. The van der Waals surface area contributed by atoms with Crippen molar-refractivity contribution >= 4 is 0 Å². The summed E-state index contributed by atoms with van der Waals surface area (Å²) in [5.74, 6) is 0.569. The third kappa shape index (κ3) is 3.80. The van der Waals surface area contributed by atoms with Gasteiger partial charge in [0.15, 0.2) is 0 Å². The zero-order valence-electron chi connectivity index (χ0n) is 12.9. The quantitative estimate of drug-likeness (QED) is 0.890. The van der Waals surface area contributed by atoms with Crippen LogP contribution in [-0.4, -0.2) is 36.6 Å². The van der Waals surface area contributed by atoms with Crippen LogP contribution in [0, 0.1) is 11.7 Å². The van der Waals surface area contributed by atoms with Crippen molar-refractivity contribution < 1.29 is 4.39 Å². The zero-order valence-corrected chi connectivity index (χ0v) is 12.9. The van der Waals surface area contributed by atoms with Crippen molar-refractivity contribution in [2.45, 2.75) is 45.7 Å². The Bertz CT molecular complexity index is 419. The van der Waals surface area contributed by atoms with E-state index < -0.39 is 0 Å². The van der Waals surface area contributed by atoms with Gasteiger partial charge in [0.05, 0.1) is 0 Å². The highest BCUT2D eigenvalue weighted by Gasteiger charge is 2.27. The smallest absolute Gasteiger partial charge is 0.126 e. The highest BCUT2D eigenvalue weighted by Crippen LogP contribution is 2.16. The van der Waals surface area contributed by atoms with Crippen LogP contribution in [-0.2, 0) is 6.42 Å². The number of hydrogen-bond donors (Lipinski definition) is 1. The van der Waals surface area contributed by atoms with Crippen molar-refractivity contribution in [2.24, 2.45) is 5.92 Å². The number of halogens is 1. The van der Waals surface area contributed by atoms with Gasteiger partial charge in [-0.15, -0.1) is 0 Å². The molecule has 112 valence electrons. The number of piperazine rings is 1. The summed E-state index contributed by atoms with van der Waals surface area (Å²) in [4.78, 5) is 2.54. The van der Waals surface area contributed by atoms with Gasteiger partial charge in [-0.05, 0) is 30.4 Å². The highest BCUT2D eigenvalue weighted by molar-refractivity contribution is 5.17. The fraction of sp³-hybridized carbons (Fsp3) is 0.647. The van der Waals surface area contributed by atoms with E-state index in [1.54, 1.807) is 12.1 Å². The van der Waals surface area contributed by atoms with Crippen molar-refractivity contribution in [3.63, 3.8) is 0 Å². The maximum atomic E-state index is 13.7. The van der Waals surface area contributed by atoms with Crippen LogP contribution in [0.15, 0.2) is 24.3 Å². The second-order valence-electron chi connectivity index (χ2n) is 6.16. The number of nitrogens with zero attached hydrogens (tertiary/aromatic N) is 1. The Hall–Kier alpha value is -0.930.